The summed E-state index contributed by atoms with van der Waals surface area (Å²) in [5.41, 5.74) is 3.03. The molecule has 1 aromatic rings. The summed E-state index contributed by atoms with van der Waals surface area (Å²) >= 11 is 1.73. The van der Waals surface area contributed by atoms with Crippen LogP contribution in [0, 0.1) is 5.92 Å². The number of carbonyl (C=O) groups excluding carboxylic acids is 2. The molecule has 1 saturated heterocycles. The smallest absolute Gasteiger partial charge is 0.338 e. The molecule has 0 aromatic heterocycles. The first-order chi connectivity index (χ1) is 16.9. The molecule has 0 aliphatic carbocycles. The number of hydrogen-bond donors (Lipinski definition) is 1. The average molecular weight is 500 g/mol. The highest BCUT2D eigenvalue weighted by Gasteiger charge is 2.38. The molecule has 6 nitrogen and oxygen atoms in total. The number of unbranched alkanes of at least 4 members (excludes halogenated alkanes) is 5. The number of allylic oxidation sites excluding steroid dienone is 1. The van der Waals surface area contributed by atoms with E-state index in [2.05, 4.69) is 17.1 Å². The standard InChI is InChI=1S/C28H41N3O3S/c1-5-6-7-8-9-10-15-24(32)30-23-14-11-13-22(18-23)26-25(27(33)34-19-20(2)3)21(4)29-28-31(26)16-12-17-35-28/h11,13-14,18,20,26H,5-10,12,15-17,19H2,1-4H3,(H,30,32). The highest BCUT2D eigenvalue weighted by molar-refractivity contribution is 8.13. The third-order valence-electron chi connectivity index (χ3n) is 6.27. The number of thioether (sulfide) groups is 1. The van der Waals surface area contributed by atoms with Crippen LogP contribution in [-0.4, -0.2) is 40.8 Å². The second-order valence-corrected chi connectivity index (χ2v) is 10.9. The summed E-state index contributed by atoms with van der Waals surface area (Å²) in [5, 5.41) is 4.02. The van der Waals surface area contributed by atoms with Crippen LogP contribution in [0.15, 0.2) is 40.5 Å². The van der Waals surface area contributed by atoms with Gasteiger partial charge in [-0.05, 0) is 43.4 Å². The molecular weight excluding hydrogens is 458 g/mol. The summed E-state index contributed by atoms with van der Waals surface area (Å²) in [6, 6.07) is 7.61. The minimum Gasteiger partial charge on any atom is -0.462 e. The van der Waals surface area contributed by atoms with Crippen LogP contribution in [0.25, 0.3) is 0 Å². The Morgan fingerprint density at radius 1 is 1.20 bits per heavy atom. The van der Waals surface area contributed by atoms with Crippen LogP contribution in [0.4, 0.5) is 5.69 Å². The molecule has 35 heavy (non-hydrogen) atoms. The van der Waals surface area contributed by atoms with Gasteiger partial charge in [-0.3, -0.25) is 4.79 Å². The van der Waals surface area contributed by atoms with Crippen LogP contribution in [0.1, 0.15) is 90.7 Å². The summed E-state index contributed by atoms with van der Waals surface area (Å²) in [6.07, 6.45) is 8.50. The predicted molar refractivity (Wildman–Crippen MR) is 146 cm³/mol. The van der Waals surface area contributed by atoms with Crippen LogP contribution in [0.3, 0.4) is 0 Å². The molecule has 0 bridgehead atoms. The Balaban J connectivity index is 1.75. The molecule has 3 rings (SSSR count). The molecule has 0 radical (unpaired) electrons. The maximum Gasteiger partial charge on any atom is 0.338 e. The van der Waals surface area contributed by atoms with Gasteiger partial charge in [0.25, 0.3) is 0 Å². The summed E-state index contributed by atoms with van der Waals surface area (Å²) in [5.74, 6) is 1.02. The first-order valence-electron chi connectivity index (χ1n) is 13.2. The molecule has 0 spiro atoms. The number of aliphatic imine (C=N–C) groups is 1. The molecule has 2 aliphatic rings. The number of amidine groups is 1. The van der Waals surface area contributed by atoms with E-state index >= 15 is 0 Å². The molecule has 1 unspecified atom stereocenters. The zero-order valence-electron chi connectivity index (χ0n) is 21.8. The number of nitrogens with one attached hydrogen (secondary N) is 1. The van der Waals surface area contributed by atoms with Crippen LogP contribution in [0.2, 0.25) is 0 Å². The van der Waals surface area contributed by atoms with Gasteiger partial charge in [-0.1, -0.05) is 76.8 Å². The third-order valence-corrected chi connectivity index (χ3v) is 7.35. The Kier molecular flexibility index (Phi) is 10.7. The van der Waals surface area contributed by atoms with Gasteiger partial charge in [0, 0.05) is 24.4 Å². The van der Waals surface area contributed by atoms with Crippen molar-refractivity contribution in [2.45, 2.75) is 85.1 Å². The second-order valence-electron chi connectivity index (χ2n) is 9.88. The van der Waals surface area contributed by atoms with Crippen molar-refractivity contribution in [3.63, 3.8) is 0 Å². The monoisotopic (exact) mass is 499 g/mol. The van der Waals surface area contributed by atoms with E-state index in [1.54, 1.807) is 11.8 Å². The molecular formula is C28H41N3O3S. The zero-order valence-corrected chi connectivity index (χ0v) is 22.6. The van der Waals surface area contributed by atoms with Gasteiger partial charge in [0.2, 0.25) is 5.91 Å². The summed E-state index contributed by atoms with van der Waals surface area (Å²) in [6.45, 7) is 9.37. The largest absolute Gasteiger partial charge is 0.462 e. The maximum atomic E-state index is 13.2. The number of benzene rings is 1. The van der Waals surface area contributed by atoms with Gasteiger partial charge in [0.15, 0.2) is 5.17 Å². The van der Waals surface area contributed by atoms with E-state index in [0.717, 1.165) is 48.0 Å². The van der Waals surface area contributed by atoms with Crippen LogP contribution >= 0.6 is 11.8 Å². The fourth-order valence-electron chi connectivity index (χ4n) is 4.47. The highest BCUT2D eigenvalue weighted by Crippen LogP contribution is 2.40. The maximum absolute atomic E-state index is 13.2. The SMILES string of the molecule is CCCCCCCCC(=O)Nc1cccc(C2C(C(=O)OCC(C)C)=C(C)N=C3SCCCN32)c1. The van der Waals surface area contributed by atoms with Crippen molar-refractivity contribution in [1.29, 1.82) is 0 Å². The van der Waals surface area contributed by atoms with Gasteiger partial charge in [-0.15, -0.1) is 0 Å². The van der Waals surface area contributed by atoms with Crippen LogP contribution in [0.5, 0.6) is 0 Å². The Hall–Kier alpha value is -2.28. The molecule has 2 heterocycles. The second kappa shape index (κ2) is 13.7. The lowest BCUT2D eigenvalue weighted by Crippen LogP contribution is -2.42. The summed E-state index contributed by atoms with van der Waals surface area (Å²) in [4.78, 5) is 32.7. The van der Waals surface area contributed by atoms with Crippen LogP contribution in [-0.2, 0) is 14.3 Å². The van der Waals surface area contributed by atoms with E-state index in [4.69, 9.17) is 9.73 Å². The van der Waals surface area contributed by atoms with Gasteiger partial charge in [0.05, 0.1) is 23.9 Å². The number of ether oxygens (including phenoxy) is 1. The minimum atomic E-state index is -0.308. The molecule has 1 fully saturated rings. The van der Waals surface area contributed by atoms with Gasteiger partial charge in [-0.2, -0.15) is 0 Å². The van der Waals surface area contributed by atoms with E-state index in [-0.39, 0.29) is 23.8 Å². The van der Waals surface area contributed by atoms with E-state index < -0.39 is 0 Å². The van der Waals surface area contributed by atoms with Crippen molar-refractivity contribution in [3.05, 3.63) is 41.1 Å². The normalized spacial score (nSPS) is 17.8. The lowest BCUT2D eigenvalue weighted by atomic mass is 9.94. The molecule has 1 atom stereocenters. The van der Waals surface area contributed by atoms with Crippen molar-refractivity contribution in [1.82, 2.24) is 4.90 Å². The number of esters is 1. The molecule has 1 N–H and O–H groups in total. The van der Waals surface area contributed by atoms with E-state index in [1.165, 1.54) is 25.7 Å². The van der Waals surface area contributed by atoms with Crippen molar-refractivity contribution in [2.75, 3.05) is 24.2 Å². The molecule has 2 aliphatic heterocycles. The highest BCUT2D eigenvalue weighted by atomic mass is 32.2. The fourth-order valence-corrected chi connectivity index (χ4v) is 5.49. The van der Waals surface area contributed by atoms with E-state index in [9.17, 15) is 9.59 Å². The first kappa shape index (κ1) is 27.3. The van der Waals surface area contributed by atoms with Gasteiger partial charge >= 0.3 is 5.97 Å². The molecule has 7 heteroatoms. The van der Waals surface area contributed by atoms with Gasteiger partial charge in [0.1, 0.15) is 0 Å². The Morgan fingerprint density at radius 3 is 2.74 bits per heavy atom. The minimum absolute atomic E-state index is 0.0420. The zero-order chi connectivity index (χ0) is 25.2. The van der Waals surface area contributed by atoms with Crippen molar-refractivity contribution in [2.24, 2.45) is 10.9 Å². The number of anilines is 1. The number of nitrogens with zero attached hydrogens (tertiary/aromatic N) is 2. The fraction of sp³-hybridized carbons (Fsp3) is 0.607. The number of rotatable bonds is 12. The van der Waals surface area contributed by atoms with Crippen molar-refractivity contribution < 1.29 is 14.3 Å². The summed E-state index contributed by atoms with van der Waals surface area (Å²) in [7, 11) is 0. The Labute approximate surface area is 215 Å². The van der Waals surface area contributed by atoms with E-state index in [0.29, 0.717) is 24.3 Å². The Morgan fingerprint density at radius 2 is 1.97 bits per heavy atom. The topological polar surface area (TPSA) is 71.0 Å². The summed E-state index contributed by atoms with van der Waals surface area (Å²) < 4.78 is 5.65. The quantitative estimate of drug-likeness (QED) is 0.256. The molecule has 1 amide bonds. The first-order valence-corrected chi connectivity index (χ1v) is 14.1. The Bertz CT molecular complexity index is 941. The van der Waals surface area contributed by atoms with Crippen molar-refractivity contribution in [3.8, 4) is 0 Å². The molecule has 1 aromatic carbocycles. The lowest BCUT2D eigenvalue weighted by Gasteiger charge is -2.40. The molecule has 192 valence electrons. The number of fused-ring (bicyclic) bond motifs is 1. The number of amides is 1. The third kappa shape index (κ3) is 7.86. The average Bonchev–Trinajstić information content (AvgIpc) is 2.84. The predicted octanol–water partition coefficient (Wildman–Crippen LogP) is 6.70. The van der Waals surface area contributed by atoms with Gasteiger partial charge in [-0.25, -0.2) is 9.79 Å². The molecule has 0 saturated carbocycles. The number of hydrogen-bond acceptors (Lipinski definition) is 6. The van der Waals surface area contributed by atoms with Crippen LogP contribution < -0.4 is 5.32 Å². The van der Waals surface area contributed by atoms with Gasteiger partial charge < -0.3 is 15.0 Å². The van der Waals surface area contributed by atoms with Crippen molar-refractivity contribution >= 4 is 34.5 Å². The van der Waals surface area contributed by atoms with E-state index in [1.807, 2.05) is 45.0 Å². The number of carbonyl (C=O) groups is 2. The lowest BCUT2D eigenvalue weighted by molar-refractivity contribution is -0.141.